The number of carbonyl (C=O) groups excluding carboxylic acids is 1. The highest BCUT2D eigenvalue weighted by Crippen LogP contribution is 2.33. The first-order valence-corrected chi connectivity index (χ1v) is 4.96. The second kappa shape index (κ2) is 3.95. The number of hydrogen-bond acceptors (Lipinski definition) is 2. The number of hydrogen-bond donors (Lipinski definition) is 1. The van der Waals surface area contributed by atoms with Gasteiger partial charge in [0.15, 0.2) is 5.78 Å². The summed E-state index contributed by atoms with van der Waals surface area (Å²) in [6, 6.07) is 0. The number of ketones is 1. The molecule has 0 spiro atoms. The van der Waals surface area contributed by atoms with Gasteiger partial charge in [-0.25, -0.2) is 0 Å². The van der Waals surface area contributed by atoms with Crippen molar-refractivity contribution in [3.8, 4) is 0 Å². The lowest BCUT2D eigenvalue weighted by Gasteiger charge is -2.29. The standard InChI is InChI=1S/C11H18O2/c1-7(2)9-5-4-8(3)10(6-12)11(9)13/h6-9,12H,4-5H2,1-3H3/b10-6+/t8-,9+/m1/s1. The normalized spacial score (nSPS) is 32.9. The lowest BCUT2D eigenvalue weighted by atomic mass is 9.74. The molecule has 0 heterocycles. The lowest BCUT2D eigenvalue weighted by molar-refractivity contribution is -0.122. The van der Waals surface area contributed by atoms with Crippen molar-refractivity contribution in [3.63, 3.8) is 0 Å². The molecule has 1 rings (SSSR count). The fraction of sp³-hybridized carbons (Fsp3) is 0.727. The van der Waals surface area contributed by atoms with Crippen molar-refractivity contribution in [1.29, 1.82) is 0 Å². The fourth-order valence-corrected chi connectivity index (χ4v) is 2.00. The minimum absolute atomic E-state index is 0.120. The summed E-state index contributed by atoms with van der Waals surface area (Å²) in [5.74, 6) is 0.883. The predicted molar refractivity (Wildman–Crippen MR) is 52.4 cm³/mol. The molecule has 74 valence electrons. The van der Waals surface area contributed by atoms with Crippen molar-refractivity contribution in [3.05, 3.63) is 11.8 Å². The third-order valence-electron chi connectivity index (χ3n) is 3.01. The quantitative estimate of drug-likeness (QED) is 0.500. The molecule has 0 aromatic carbocycles. The molecule has 0 saturated heterocycles. The van der Waals surface area contributed by atoms with Gasteiger partial charge in [-0.05, 0) is 24.7 Å². The van der Waals surface area contributed by atoms with Gasteiger partial charge in [0.25, 0.3) is 0 Å². The molecule has 0 radical (unpaired) electrons. The molecule has 0 amide bonds. The Morgan fingerprint density at radius 2 is 2.08 bits per heavy atom. The van der Waals surface area contributed by atoms with Crippen molar-refractivity contribution in [1.82, 2.24) is 0 Å². The first-order valence-electron chi connectivity index (χ1n) is 4.96. The average molecular weight is 182 g/mol. The van der Waals surface area contributed by atoms with E-state index in [0.717, 1.165) is 19.1 Å². The van der Waals surface area contributed by atoms with Crippen molar-refractivity contribution in [2.75, 3.05) is 0 Å². The summed E-state index contributed by atoms with van der Waals surface area (Å²) in [4.78, 5) is 11.8. The second-order valence-electron chi connectivity index (χ2n) is 4.28. The van der Waals surface area contributed by atoms with Crippen LogP contribution < -0.4 is 0 Å². The molecule has 13 heavy (non-hydrogen) atoms. The van der Waals surface area contributed by atoms with Crippen molar-refractivity contribution >= 4 is 5.78 Å². The number of carbonyl (C=O) groups is 1. The molecule has 2 heteroatoms. The summed E-state index contributed by atoms with van der Waals surface area (Å²) >= 11 is 0. The SMILES string of the molecule is CC(C)[C@@H]1CC[C@@H](C)/C(=C\O)C1=O. The summed E-state index contributed by atoms with van der Waals surface area (Å²) in [6.45, 7) is 6.12. The number of aliphatic hydroxyl groups excluding tert-OH is 1. The van der Waals surface area contributed by atoms with E-state index >= 15 is 0 Å². The highest BCUT2D eigenvalue weighted by atomic mass is 16.2. The maximum atomic E-state index is 11.8. The van der Waals surface area contributed by atoms with Gasteiger partial charge in [-0.2, -0.15) is 0 Å². The summed E-state index contributed by atoms with van der Waals surface area (Å²) in [5, 5.41) is 8.95. The number of allylic oxidation sites excluding steroid dienone is 1. The van der Waals surface area contributed by atoms with Crippen LogP contribution in [0.15, 0.2) is 11.8 Å². The molecule has 1 saturated carbocycles. The highest BCUT2D eigenvalue weighted by molar-refractivity contribution is 5.98. The Hall–Kier alpha value is -0.790. The monoisotopic (exact) mass is 182 g/mol. The molecule has 0 aromatic heterocycles. The molecule has 0 unspecified atom stereocenters. The second-order valence-corrected chi connectivity index (χ2v) is 4.28. The van der Waals surface area contributed by atoms with Crippen LogP contribution in [0.3, 0.4) is 0 Å². The Labute approximate surface area is 79.6 Å². The smallest absolute Gasteiger partial charge is 0.165 e. The predicted octanol–water partition coefficient (Wildman–Crippen LogP) is 2.70. The third kappa shape index (κ3) is 1.93. The van der Waals surface area contributed by atoms with E-state index in [4.69, 9.17) is 5.11 Å². The number of rotatable bonds is 1. The summed E-state index contributed by atoms with van der Waals surface area (Å²) in [6.07, 6.45) is 2.98. The average Bonchev–Trinajstić information content (AvgIpc) is 2.04. The molecule has 0 aromatic rings. The van der Waals surface area contributed by atoms with Crippen LogP contribution in [-0.2, 0) is 4.79 Å². The summed E-state index contributed by atoms with van der Waals surface area (Å²) in [5.41, 5.74) is 0.616. The van der Waals surface area contributed by atoms with Gasteiger partial charge in [0.1, 0.15) is 0 Å². The molecule has 2 atom stereocenters. The van der Waals surface area contributed by atoms with Crippen molar-refractivity contribution < 1.29 is 9.90 Å². The van der Waals surface area contributed by atoms with Crippen LogP contribution in [0.4, 0.5) is 0 Å². The molecule has 0 bridgehead atoms. The molecule has 1 aliphatic rings. The molecule has 0 aliphatic heterocycles. The van der Waals surface area contributed by atoms with Gasteiger partial charge in [0, 0.05) is 11.5 Å². The topological polar surface area (TPSA) is 37.3 Å². The number of aliphatic hydroxyl groups is 1. The molecule has 2 nitrogen and oxygen atoms in total. The zero-order valence-corrected chi connectivity index (χ0v) is 8.58. The first kappa shape index (κ1) is 10.3. The fourth-order valence-electron chi connectivity index (χ4n) is 2.00. The van der Waals surface area contributed by atoms with Crippen LogP contribution in [0.2, 0.25) is 0 Å². The van der Waals surface area contributed by atoms with E-state index < -0.39 is 0 Å². The van der Waals surface area contributed by atoms with Gasteiger partial charge in [-0.1, -0.05) is 20.8 Å². The molecule has 1 fully saturated rings. The van der Waals surface area contributed by atoms with Crippen LogP contribution in [0.1, 0.15) is 33.6 Å². The van der Waals surface area contributed by atoms with Crippen LogP contribution in [-0.4, -0.2) is 10.9 Å². The summed E-state index contributed by atoms with van der Waals surface area (Å²) in [7, 11) is 0. The van der Waals surface area contributed by atoms with Gasteiger partial charge in [0.05, 0.1) is 6.26 Å². The maximum Gasteiger partial charge on any atom is 0.165 e. The van der Waals surface area contributed by atoms with E-state index in [1.807, 2.05) is 6.92 Å². The maximum absolute atomic E-state index is 11.8. The Morgan fingerprint density at radius 3 is 2.54 bits per heavy atom. The van der Waals surface area contributed by atoms with Gasteiger partial charge in [-0.15, -0.1) is 0 Å². The van der Waals surface area contributed by atoms with Gasteiger partial charge >= 0.3 is 0 Å². The van der Waals surface area contributed by atoms with Gasteiger partial charge in [-0.3, -0.25) is 4.79 Å². The zero-order chi connectivity index (χ0) is 10.0. The molecular weight excluding hydrogens is 164 g/mol. The van der Waals surface area contributed by atoms with E-state index in [1.165, 1.54) is 0 Å². The Kier molecular flexibility index (Phi) is 3.12. The van der Waals surface area contributed by atoms with E-state index in [1.54, 1.807) is 0 Å². The van der Waals surface area contributed by atoms with E-state index in [0.29, 0.717) is 11.5 Å². The highest BCUT2D eigenvalue weighted by Gasteiger charge is 2.32. The third-order valence-corrected chi connectivity index (χ3v) is 3.01. The van der Waals surface area contributed by atoms with Crippen molar-refractivity contribution in [2.45, 2.75) is 33.6 Å². The van der Waals surface area contributed by atoms with Crippen LogP contribution in [0.25, 0.3) is 0 Å². The molecule has 1 N–H and O–H groups in total. The van der Waals surface area contributed by atoms with Gasteiger partial charge in [0.2, 0.25) is 0 Å². The Balaban J connectivity index is 2.82. The van der Waals surface area contributed by atoms with E-state index in [9.17, 15) is 4.79 Å². The summed E-state index contributed by atoms with van der Waals surface area (Å²) < 4.78 is 0. The van der Waals surface area contributed by atoms with E-state index in [2.05, 4.69) is 13.8 Å². The first-order chi connectivity index (χ1) is 6.07. The van der Waals surface area contributed by atoms with Crippen LogP contribution in [0, 0.1) is 17.8 Å². The minimum atomic E-state index is 0.120. The molecule has 1 aliphatic carbocycles. The Bertz CT molecular complexity index is 228. The van der Waals surface area contributed by atoms with Crippen LogP contribution >= 0.6 is 0 Å². The Morgan fingerprint density at radius 1 is 1.46 bits per heavy atom. The van der Waals surface area contributed by atoms with Gasteiger partial charge < -0.3 is 5.11 Å². The minimum Gasteiger partial charge on any atom is -0.515 e. The molecular formula is C11H18O2. The zero-order valence-electron chi connectivity index (χ0n) is 8.58. The van der Waals surface area contributed by atoms with Crippen molar-refractivity contribution in [2.24, 2.45) is 17.8 Å². The number of Topliss-reactive ketones (excluding diaryl/α,β-unsaturated/α-hetero) is 1. The largest absolute Gasteiger partial charge is 0.515 e. The van der Waals surface area contributed by atoms with E-state index in [-0.39, 0.29) is 17.6 Å². The lowest BCUT2D eigenvalue weighted by Crippen LogP contribution is -2.30. The van der Waals surface area contributed by atoms with Crippen LogP contribution in [0.5, 0.6) is 0 Å².